The highest BCUT2D eigenvalue weighted by Crippen LogP contribution is 2.33. The van der Waals surface area contributed by atoms with Gasteiger partial charge in [0.2, 0.25) is 0 Å². The van der Waals surface area contributed by atoms with Crippen LogP contribution in [0, 0.1) is 0 Å². The Labute approximate surface area is 119 Å². The van der Waals surface area contributed by atoms with Crippen LogP contribution in [0.25, 0.3) is 0 Å². The first-order chi connectivity index (χ1) is 9.86. The fourth-order valence-electron chi connectivity index (χ4n) is 2.55. The van der Waals surface area contributed by atoms with Gasteiger partial charge in [0.1, 0.15) is 6.10 Å². The maximum absolute atomic E-state index is 6.00. The Morgan fingerprint density at radius 3 is 2.90 bits per heavy atom. The molecule has 0 aliphatic carbocycles. The van der Waals surface area contributed by atoms with Crippen molar-refractivity contribution < 1.29 is 18.9 Å². The molecular weight excluding hydrogens is 258 g/mol. The molecule has 2 saturated heterocycles. The standard InChI is InChI=1S/C15H21NO4/c1-17-13-3-2-11(15-9-16-5-7-19-15)8-14(13)20-12-4-6-18-10-12/h2-3,8,12,15-16H,4-7,9-10H2,1H3. The van der Waals surface area contributed by atoms with E-state index in [-0.39, 0.29) is 12.2 Å². The SMILES string of the molecule is COc1ccc(C2CNCCO2)cc1OC1CCOC1. The summed E-state index contributed by atoms with van der Waals surface area (Å²) in [6.45, 7) is 3.90. The summed E-state index contributed by atoms with van der Waals surface area (Å²) in [4.78, 5) is 0. The third-order valence-corrected chi connectivity index (χ3v) is 3.67. The van der Waals surface area contributed by atoms with Gasteiger partial charge >= 0.3 is 0 Å². The summed E-state index contributed by atoms with van der Waals surface area (Å²) < 4.78 is 22.5. The number of morpholine rings is 1. The first-order valence-electron chi connectivity index (χ1n) is 7.11. The van der Waals surface area contributed by atoms with Crippen molar-refractivity contribution in [3.63, 3.8) is 0 Å². The van der Waals surface area contributed by atoms with E-state index in [2.05, 4.69) is 5.32 Å². The fraction of sp³-hybridized carbons (Fsp3) is 0.600. The summed E-state index contributed by atoms with van der Waals surface area (Å²) in [5.74, 6) is 1.53. The van der Waals surface area contributed by atoms with E-state index in [0.717, 1.165) is 49.8 Å². The van der Waals surface area contributed by atoms with Crippen molar-refractivity contribution in [2.75, 3.05) is 40.0 Å². The van der Waals surface area contributed by atoms with Crippen LogP contribution in [-0.2, 0) is 9.47 Å². The summed E-state index contributed by atoms with van der Waals surface area (Å²) in [7, 11) is 1.66. The zero-order valence-corrected chi connectivity index (χ0v) is 11.8. The van der Waals surface area contributed by atoms with Gasteiger partial charge in [0.25, 0.3) is 0 Å². The van der Waals surface area contributed by atoms with Crippen LogP contribution >= 0.6 is 0 Å². The smallest absolute Gasteiger partial charge is 0.162 e. The molecule has 0 aromatic heterocycles. The van der Waals surface area contributed by atoms with Gasteiger partial charge < -0.3 is 24.3 Å². The van der Waals surface area contributed by atoms with Gasteiger partial charge in [-0.05, 0) is 17.7 Å². The van der Waals surface area contributed by atoms with Crippen molar-refractivity contribution in [2.45, 2.75) is 18.6 Å². The van der Waals surface area contributed by atoms with Crippen LogP contribution in [0.4, 0.5) is 0 Å². The molecule has 20 heavy (non-hydrogen) atoms. The summed E-state index contributed by atoms with van der Waals surface area (Å²) in [5, 5.41) is 3.34. The maximum atomic E-state index is 6.00. The van der Waals surface area contributed by atoms with Crippen molar-refractivity contribution in [3.05, 3.63) is 23.8 Å². The lowest BCUT2D eigenvalue weighted by Crippen LogP contribution is -2.33. The van der Waals surface area contributed by atoms with Gasteiger partial charge in [-0.1, -0.05) is 6.07 Å². The molecule has 2 unspecified atom stereocenters. The highest BCUT2D eigenvalue weighted by Gasteiger charge is 2.21. The molecule has 0 saturated carbocycles. The van der Waals surface area contributed by atoms with Crippen molar-refractivity contribution in [1.29, 1.82) is 0 Å². The van der Waals surface area contributed by atoms with Crippen LogP contribution in [0.2, 0.25) is 0 Å². The second-order valence-corrected chi connectivity index (χ2v) is 5.08. The number of nitrogens with one attached hydrogen (secondary N) is 1. The van der Waals surface area contributed by atoms with Gasteiger partial charge in [0.05, 0.1) is 33.0 Å². The number of benzene rings is 1. The molecule has 1 N–H and O–H groups in total. The van der Waals surface area contributed by atoms with Crippen LogP contribution in [0.1, 0.15) is 18.1 Å². The average molecular weight is 279 g/mol. The van der Waals surface area contributed by atoms with E-state index in [4.69, 9.17) is 18.9 Å². The Kier molecular flexibility index (Phi) is 4.40. The first-order valence-corrected chi connectivity index (χ1v) is 7.11. The van der Waals surface area contributed by atoms with Gasteiger partial charge in [-0.25, -0.2) is 0 Å². The number of hydrogen-bond donors (Lipinski definition) is 1. The largest absolute Gasteiger partial charge is 0.493 e. The normalized spacial score (nSPS) is 26.4. The Morgan fingerprint density at radius 1 is 1.25 bits per heavy atom. The van der Waals surface area contributed by atoms with Crippen LogP contribution < -0.4 is 14.8 Å². The minimum Gasteiger partial charge on any atom is -0.493 e. The van der Waals surface area contributed by atoms with E-state index in [0.29, 0.717) is 6.61 Å². The van der Waals surface area contributed by atoms with Crippen molar-refractivity contribution in [3.8, 4) is 11.5 Å². The number of ether oxygens (including phenoxy) is 4. The molecule has 5 heteroatoms. The Morgan fingerprint density at radius 2 is 2.20 bits per heavy atom. The molecule has 1 aromatic carbocycles. The van der Waals surface area contributed by atoms with E-state index in [9.17, 15) is 0 Å². The molecule has 2 aliphatic rings. The zero-order valence-electron chi connectivity index (χ0n) is 11.8. The Balaban J connectivity index is 1.78. The van der Waals surface area contributed by atoms with Crippen molar-refractivity contribution in [1.82, 2.24) is 5.32 Å². The molecule has 0 bridgehead atoms. The van der Waals surface area contributed by atoms with Crippen molar-refractivity contribution >= 4 is 0 Å². The van der Waals surface area contributed by atoms with Gasteiger partial charge in [-0.2, -0.15) is 0 Å². The molecule has 110 valence electrons. The summed E-state index contributed by atoms with van der Waals surface area (Å²) in [6.07, 6.45) is 1.12. The fourth-order valence-corrected chi connectivity index (χ4v) is 2.55. The second-order valence-electron chi connectivity index (χ2n) is 5.08. The highest BCUT2D eigenvalue weighted by atomic mass is 16.6. The maximum Gasteiger partial charge on any atom is 0.162 e. The van der Waals surface area contributed by atoms with Crippen LogP contribution in [0.3, 0.4) is 0 Å². The molecular formula is C15H21NO4. The van der Waals surface area contributed by atoms with Gasteiger partial charge in [-0.3, -0.25) is 0 Å². The first kappa shape index (κ1) is 13.7. The predicted molar refractivity (Wildman–Crippen MR) is 74.4 cm³/mol. The molecule has 2 aliphatic heterocycles. The summed E-state index contributed by atoms with van der Waals surface area (Å²) in [5.41, 5.74) is 1.12. The van der Waals surface area contributed by atoms with Crippen LogP contribution in [0.15, 0.2) is 18.2 Å². The molecule has 5 nitrogen and oxygen atoms in total. The zero-order chi connectivity index (χ0) is 13.8. The molecule has 0 radical (unpaired) electrons. The molecule has 3 rings (SSSR count). The molecule has 0 amide bonds. The summed E-state index contributed by atoms with van der Waals surface area (Å²) >= 11 is 0. The average Bonchev–Trinajstić information content (AvgIpc) is 3.01. The monoisotopic (exact) mass is 279 g/mol. The molecule has 0 spiro atoms. The minimum absolute atomic E-state index is 0.0804. The van der Waals surface area contributed by atoms with E-state index >= 15 is 0 Å². The van der Waals surface area contributed by atoms with E-state index in [1.54, 1.807) is 7.11 Å². The molecule has 2 atom stereocenters. The van der Waals surface area contributed by atoms with E-state index in [1.807, 2.05) is 18.2 Å². The molecule has 2 heterocycles. The highest BCUT2D eigenvalue weighted by molar-refractivity contribution is 5.44. The minimum atomic E-state index is 0.0804. The topological polar surface area (TPSA) is 49.0 Å². The van der Waals surface area contributed by atoms with Gasteiger partial charge in [-0.15, -0.1) is 0 Å². The molecule has 2 fully saturated rings. The summed E-state index contributed by atoms with van der Waals surface area (Å²) in [6, 6.07) is 6.00. The van der Waals surface area contributed by atoms with E-state index in [1.165, 1.54) is 0 Å². The number of methoxy groups -OCH3 is 1. The van der Waals surface area contributed by atoms with Crippen LogP contribution in [-0.4, -0.2) is 46.1 Å². The molecule has 1 aromatic rings. The Hall–Kier alpha value is -1.30. The third kappa shape index (κ3) is 3.06. The van der Waals surface area contributed by atoms with Crippen molar-refractivity contribution in [2.24, 2.45) is 0 Å². The third-order valence-electron chi connectivity index (χ3n) is 3.67. The second kappa shape index (κ2) is 6.43. The number of rotatable bonds is 4. The Bertz CT molecular complexity index is 439. The lowest BCUT2D eigenvalue weighted by atomic mass is 10.1. The van der Waals surface area contributed by atoms with Gasteiger partial charge in [0.15, 0.2) is 11.5 Å². The predicted octanol–water partition coefficient (Wildman–Crippen LogP) is 1.52. The van der Waals surface area contributed by atoms with E-state index < -0.39 is 0 Å². The van der Waals surface area contributed by atoms with Gasteiger partial charge in [0, 0.05) is 19.5 Å². The number of hydrogen-bond acceptors (Lipinski definition) is 5. The lowest BCUT2D eigenvalue weighted by Gasteiger charge is -2.25. The van der Waals surface area contributed by atoms with Crippen LogP contribution in [0.5, 0.6) is 11.5 Å². The lowest BCUT2D eigenvalue weighted by molar-refractivity contribution is 0.0274. The quantitative estimate of drug-likeness (QED) is 0.905.